The van der Waals surface area contributed by atoms with E-state index in [-0.39, 0.29) is 0 Å². The summed E-state index contributed by atoms with van der Waals surface area (Å²) in [6, 6.07) is 23.2. The van der Waals surface area contributed by atoms with Crippen LogP contribution < -0.4 is 5.32 Å². The number of fused-ring (bicyclic) bond motifs is 1. The number of aromatic amines is 1. The fourth-order valence-corrected chi connectivity index (χ4v) is 3.25. The molecule has 1 heterocycles. The Hall–Kier alpha value is -4.09. The number of carboxylic acid groups (broad SMARTS) is 1. The predicted molar refractivity (Wildman–Crippen MR) is 126 cm³/mol. The summed E-state index contributed by atoms with van der Waals surface area (Å²) in [6.45, 7) is 3.45. The number of benzene rings is 3. The minimum Gasteiger partial charge on any atom is -0.475 e. The highest BCUT2D eigenvalue weighted by molar-refractivity contribution is 5.83. The Bertz CT molecular complexity index is 1320. The number of alkyl halides is 3. The second-order valence-corrected chi connectivity index (χ2v) is 7.44. The number of nitrogens with one attached hydrogen (secondary N) is 2. The zero-order valence-electron chi connectivity index (χ0n) is 18.3. The minimum absolute atomic E-state index is 0.584. The van der Waals surface area contributed by atoms with Gasteiger partial charge < -0.3 is 15.4 Å². The van der Waals surface area contributed by atoms with Crippen molar-refractivity contribution in [1.82, 2.24) is 15.3 Å². The van der Waals surface area contributed by atoms with Gasteiger partial charge in [0.1, 0.15) is 5.82 Å². The first-order valence-corrected chi connectivity index (χ1v) is 10.3. The molecule has 34 heavy (non-hydrogen) atoms. The highest BCUT2D eigenvalue weighted by Crippen LogP contribution is 2.27. The van der Waals surface area contributed by atoms with Crippen molar-refractivity contribution < 1.29 is 23.1 Å². The van der Waals surface area contributed by atoms with Crippen LogP contribution in [0, 0.1) is 19.3 Å². The molecule has 0 saturated carbocycles. The summed E-state index contributed by atoms with van der Waals surface area (Å²) in [4.78, 5) is 17.1. The molecule has 0 aliphatic rings. The smallest absolute Gasteiger partial charge is 0.475 e. The highest BCUT2D eigenvalue weighted by Gasteiger charge is 2.38. The molecule has 0 atom stereocenters. The lowest BCUT2D eigenvalue weighted by Gasteiger charge is -2.06. The van der Waals surface area contributed by atoms with Gasteiger partial charge in [-0.2, -0.15) is 13.2 Å². The van der Waals surface area contributed by atoms with Crippen molar-refractivity contribution in [2.24, 2.45) is 0 Å². The summed E-state index contributed by atoms with van der Waals surface area (Å²) in [5.74, 6) is 0.732. The minimum atomic E-state index is -5.08. The summed E-state index contributed by atoms with van der Waals surface area (Å²) in [7, 11) is 0. The largest absolute Gasteiger partial charge is 0.490 e. The molecule has 5 nitrogen and oxygen atoms in total. The quantitative estimate of drug-likeness (QED) is 0.266. The summed E-state index contributed by atoms with van der Waals surface area (Å²) >= 11 is 0. The maximum absolute atomic E-state index is 10.6. The van der Waals surface area contributed by atoms with Gasteiger partial charge in [-0.25, -0.2) is 9.78 Å². The van der Waals surface area contributed by atoms with Crippen LogP contribution >= 0.6 is 0 Å². The van der Waals surface area contributed by atoms with Crippen molar-refractivity contribution in [2.45, 2.75) is 19.6 Å². The van der Waals surface area contributed by atoms with Crippen molar-refractivity contribution in [3.63, 3.8) is 0 Å². The molecule has 0 spiro atoms. The number of carbonyl (C=O) groups is 1. The second-order valence-electron chi connectivity index (χ2n) is 7.44. The van der Waals surface area contributed by atoms with Crippen molar-refractivity contribution in [3.8, 4) is 34.9 Å². The van der Waals surface area contributed by atoms with E-state index in [1.807, 2.05) is 0 Å². The van der Waals surface area contributed by atoms with Crippen LogP contribution in [0.2, 0.25) is 0 Å². The van der Waals surface area contributed by atoms with Crippen LogP contribution in [0.25, 0.3) is 33.5 Å². The summed E-state index contributed by atoms with van der Waals surface area (Å²) in [5, 5.41) is 10.3. The molecule has 1 aromatic heterocycles. The number of imidazole rings is 1. The Morgan fingerprint density at radius 3 is 2.32 bits per heavy atom. The van der Waals surface area contributed by atoms with Crippen molar-refractivity contribution in [1.29, 1.82) is 0 Å². The van der Waals surface area contributed by atoms with Gasteiger partial charge in [0.15, 0.2) is 0 Å². The van der Waals surface area contributed by atoms with E-state index in [1.165, 1.54) is 22.3 Å². The van der Waals surface area contributed by atoms with E-state index in [0.29, 0.717) is 6.54 Å². The number of halogens is 3. The van der Waals surface area contributed by atoms with Crippen molar-refractivity contribution in [2.75, 3.05) is 6.54 Å². The van der Waals surface area contributed by atoms with Crippen LogP contribution in [0.4, 0.5) is 13.2 Å². The molecule has 174 valence electrons. The number of terminal acetylenes is 1. The number of H-pyrrole nitrogens is 1. The average Bonchev–Trinajstić information content (AvgIpc) is 3.26. The molecule has 4 aromatic rings. The third-order valence-corrected chi connectivity index (χ3v) is 4.94. The van der Waals surface area contributed by atoms with E-state index in [0.717, 1.165) is 29.0 Å². The first-order chi connectivity index (χ1) is 16.2. The van der Waals surface area contributed by atoms with Crippen LogP contribution in [0.1, 0.15) is 11.1 Å². The molecular weight excluding hydrogens is 443 g/mol. The molecule has 4 rings (SSSR count). The zero-order chi connectivity index (χ0) is 24.7. The van der Waals surface area contributed by atoms with Crippen molar-refractivity contribution >= 4 is 17.0 Å². The number of hydrogen-bond donors (Lipinski definition) is 3. The summed E-state index contributed by atoms with van der Waals surface area (Å²) in [5.41, 5.74) is 7.94. The second kappa shape index (κ2) is 10.7. The first-order valence-electron chi connectivity index (χ1n) is 10.3. The van der Waals surface area contributed by atoms with E-state index in [4.69, 9.17) is 21.3 Å². The lowest BCUT2D eigenvalue weighted by atomic mass is 10.0. The normalized spacial score (nSPS) is 10.9. The van der Waals surface area contributed by atoms with Gasteiger partial charge in [0.25, 0.3) is 0 Å². The first kappa shape index (κ1) is 24.6. The van der Waals surface area contributed by atoms with Crippen LogP contribution in [0.5, 0.6) is 0 Å². The predicted octanol–water partition coefficient (Wildman–Crippen LogP) is 5.56. The number of para-hydroxylation sites is 1. The molecule has 0 aliphatic heterocycles. The number of nitrogens with zero attached hydrogens (tertiary/aromatic N) is 1. The molecule has 0 unspecified atom stereocenters. The number of rotatable bonds is 5. The maximum atomic E-state index is 10.6. The third-order valence-electron chi connectivity index (χ3n) is 4.94. The average molecular weight is 465 g/mol. The van der Waals surface area contributed by atoms with Crippen LogP contribution in [0.3, 0.4) is 0 Å². The van der Waals surface area contributed by atoms with Gasteiger partial charge in [0.05, 0.1) is 17.6 Å². The SMILES string of the molecule is C#CCNCc1ccc(-c2cccc(-c3nc4c(C)cccc4[nH]3)c2)cc1.O=C(O)C(F)(F)F. The van der Waals surface area contributed by atoms with E-state index in [2.05, 4.69) is 89.9 Å². The Balaban J connectivity index is 0.000000406. The highest BCUT2D eigenvalue weighted by atomic mass is 19.4. The number of aromatic nitrogens is 2. The standard InChI is InChI=1S/C24H21N3.C2HF3O2/c1-3-14-25-16-18-10-12-19(13-11-18)20-7-5-8-21(15-20)24-26-22-9-4-6-17(2)23(22)27-24;3-2(4,5)1(6)7/h1,4-13,15,25H,14,16H2,2H3,(H,26,27);(H,6,7). The van der Waals surface area contributed by atoms with Gasteiger partial charge >= 0.3 is 12.1 Å². The van der Waals surface area contributed by atoms with Gasteiger partial charge in [-0.1, -0.05) is 60.5 Å². The molecule has 3 aromatic carbocycles. The van der Waals surface area contributed by atoms with Gasteiger partial charge in [-0.3, -0.25) is 0 Å². The Morgan fingerprint density at radius 2 is 1.71 bits per heavy atom. The lowest BCUT2D eigenvalue weighted by Crippen LogP contribution is -2.21. The molecule has 0 amide bonds. The molecule has 3 N–H and O–H groups in total. The Kier molecular flexibility index (Phi) is 7.71. The zero-order valence-corrected chi connectivity index (χ0v) is 18.3. The van der Waals surface area contributed by atoms with E-state index in [9.17, 15) is 13.2 Å². The van der Waals surface area contributed by atoms with Crippen LogP contribution in [0.15, 0.2) is 66.7 Å². The maximum Gasteiger partial charge on any atom is 0.490 e. The molecular formula is C26H22F3N3O2. The number of hydrogen-bond acceptors (Lipinski definition) is 3. The number of aliphatic carboxylic acids is 1. The Labute approximate surface area is 194 Å². The third kappa shape index (κ3) is 6.24. The van der Waals surface area contributed by atoms with Crippen LogP contribution in [-0.4, -0.2) is 33.8 Å². The van der Waals surface area contributed by atoms with Gasteiger partial charge in [-0.05, 0) is 41.3 Å². The molecule has 0 bridgehead atoms. The van der Waals surface area contributed by atoms with Gasteiger partial charge in [0, 0.05) is 12.1 Å². The number of carboxylic acids is 1. The van der Waals surface area contributed by atoms with Crippen molar-refractivity contribution in [3.05, 3.63) is 77.9 Å². The summed E-state index contributed by atoms with van der Waals surface area (Å²) in [6.07, 6.45) is 0.184. The van der Waals surface area contributed by atoms with Gasteiger partial charge in [0.2, 0.25) is 0 Å². The fourth-order valence-electron chi connectivity index (χ4n) is 3.25. The fraction of sp³-hybridized carbons (Fsp3) is 0.154. The molecule has 0 aliphatic carbocycles. The molecule has 0 saturated heterocycles. The molecule has 0 fully saturated rings. The van der Waals surface area contributed by atoms with E-state index in [1.54, 1.807) is 0 Å². The van der Waals surface area contributed by atoms with E-state index < -0.39 is 12.1 Å². The Morgan fingerprint density at radius 1 is 1.06 bits per heavy atom. The van der Waals surface area contributed by atoms with Crippen LogP contribution in [-0.2, 0) is 11.3 Å². The number of aryl methyl sites for hydroxylation is 1. The summed E-state index contributed by atoms with van der Waals surface area (Å²) < 4.78 is 31.7. The monoisotopic (exact) mass is 465 g/mol. The van der Waals surface area contributed by atoms with E-state index >= 15 is 0 Å². The molecule has 0 radical (unpaired) electrons. The van der Waals surface area contributed by atoms with Gasteiger partial charge in [-0.15, -0.1) is 6.42 Å². The molecule has 8 heteroatoms. The lowest BCUT2D eigenvalue weighted by molar-refractivity contribution is -0.192. The topological polar surface area (TPSA) is 78.0 Å².